The molecular formula is C16H18N6O. The second-order valence-corrected chi connectivity index (χ2v) is 5.17. The molecule has 0 aliphatic heterocycles. The monoisotopic (exact) mass is 310 g/mol. The Hall–Kier alpha value is -2.80. The van der Waals surface area contributed by atoms with Gasteiger partial charge in [0.2, 0.25) is 0 Å². The first-order valence-electron chi connectivity index (χ1n) is 7.40. The number of fused-ring (bicyclic) bond motifs is 1. The number of aromatic nitrogens is 4. The highest BCUT2D eigenvalue weighted by Crippen LogP contribution is 2.22. The van der Waals surface area contributed by atoms with Gasteiger partial charge >= 0.3 is 0 Å². The molecule has 0 saturated carbocycles. The van der Waals surface area contributed by atoms with Gasteiger partial charge in [-0.05, 0) is 26.1 Å². The van der Waals surface area contributed by atoms with Crippen LogP contribution in [0.2, 0.25) is 0 Å². The number of benzene rings is 1. The van der Waals surface area contributed by atoms with Gasteiger partial charge in [-0.1, -0.05) is 17.3 Å². The maximum absolute atomic E-state index is 12.2. The summed E-state index contributed by atoms with van der Waals surface area (Å²) in [4.78, 5) is 16.3. The smallest absolute Gasteiger partial charge is 0.273 e. The average Bonchev–Trinajstić information content (AvgIpc) is 2.96. The van der Waals surface area contributed by atoms with Crippen molar-refractivity contribution >= 4 is 16.7 Å². The molecule has 0 aliphatic carbocycles. The second kappa shape index (κ2) is 6.53. The molecule has 7 heteroatoms. The molecule has 0 fully saturated rings. The first-order valence-corrected chi connectivity index (χ1v) is 7.40. The van der Waals surface area contributed by atoms with Crippen LogP contribution in [0, 0.1) is 6.92 Å². The third-order valence-corrected chi connectivity index (χ3v) is 3.66. The van der Waals surface area contributed by atoms with E-state index in [1.807, 2.05) is 38.2 Å². The summed E-state index contributed by atoms with van der Waals surface area (Å²) in [5, 5.41) is 16.0. The first kappa shape index (κ1) is 15.1. The zero-order valence-corrected chi connectivity index (χ0v) is 13.1. The predicted octanol–water partition coefficient (Wildman–Crippen LogP) is 1.07. The number of nitrogens with zero attached hydrogens (tertiary/aromatic N) is 4. The highest BCUT2D eigenvalue weighted by atomic mass is 16.2. The third kappa shape index (κ3) is 2.91. The van der Waals surface area contributed by atoms with Gasteiger partial charge in [-0.25, -0.2) is 4.68 Å². The van der Waals surface area contributed by atoms with E-state index in [0.717, 1.165) is 16.5 Å². The summed E-state index contributed by atoms with van der Waals surface area (Å²) in [6, 6.07) is 7.81. The zero-order chi connectivity index (χ0) is 16.2. The maximum Gasteiger partial charge on any atom is 0.273 e. The Morgan fingerprint density at radius 2 is 2.13 bits per heavy atom. The summed E-state index contributed by atoms with van der Waals surface area (Å²) in [5.74, 6) is -0.217. The minimum absolute atomic E-state index is 0.217. The zero-order valence-electron chi connectivity index (χ0n) is 13.1. The normalized spacial score (nSPS) is 10.9. The summed E-state index contributed by atoms with van der Waals surface area (Å²) in [5.41, 5.74) is 1.92. The van der Waals surface area contributed by atoms with Crippen molar-refractivity contribution in [2.45, 2.75) is 6.92 Å². The highest BCUT2D eigenvalue weighted by Gasteiger charge is 2.17. The number of hydrogen-bond donors (Lipinski definition) is 2. The predicted molar refractivity (Wildman–Crippen MR) is 87.7 cm³/mol. The quantitative estimate of drug-likeness (QED) is 0.689. The van der Waals surface area contributed by atoms with Crippen LogP contribution in [0.5, 0.6) is 0 Å². The third-order valence-electron chi connectivity index (χ3n) is 3.66. The number of nitrogens with one attached hydrogen (secondary N) is 2. The van der Waals surface area contributed by atoms with E-state index in [1.165, 1.54) is 0 Å². The standard InChI is InChI=1S/C16H18N6O/c1-11-15(16(23)19-9-8-17-2)20-21-22(11)14-5-3-4-12-10-18-7-6-13(12)14/h3-7,10,17H,8-9H2,1-2H3,(H,19,23). The number of carbonyl (C=O) groups excluding carboxylic acids is 1. The Labute approximate surface area is 133 Å². The van der Waals surface area contributed by atoms with E-state index >= 15 is 0 Å². The molecule has 2 aromatic heterocycles. The molecule has 0 radical (unpaired) electrons. The molecule has 7 nitrogen and oxygen atoms in total. The van der Waals surface area contributed by atoms with Crippen LogP contribution in [-0.2, 0) is 0 Å². The van der Waals surface area contributed by atoms with Crippen LogP contribution in [0.25, 0.3) is 16.5 Å². The summed E-state index contributed by atoms with van der Waals surface area (Å²) in [6.45, 7) is 3.09. The van der Waals surface area contributed by atoms with Gasteiger partial charge in [-0.15, -0.1) is 5.10 Å². The Bertz CT molecular complexity index is 836. The van der Waals surface area contributed by atoms with Crippen molar-refractivity contribution < 1.29 is 4.79 Å². The SMILES string of the molecule is CNCCNC(=O)c1nnn(-c2cccc3cnccc23)c1C. The number of amides is 1. The second-order valence-electron chi connectivity index (χ2n) is 5.17. The van der Waals surface area contributed by atoms with Crippen molar-refractivity contribution in [3.8, 4) is 5.69 Å². The molecule has 23 heavy (non-hydrogen) atoms. The first-order chi connectivity index (χ1) is 11.2. The average molecular weight is 310 g/mol. The van der Waals surface area contributed by atoms with Crippen molar-refractivity contribution in [1.29, 1.82) is 0 Å². The van der Waals surface area contributed by atoms with E-state index in [9.17, 15) is 4.79 Å². The van der Waals surface area contributed by atoms with E-state index in [2.05, 4.69) is 25.9 Å². The Morgan fingerprint density at radius 3 is 2.96 bits per heavy atom. The fraction of sp³-hybridized carbons (Fsp3) is 0.250. The van der Waals surface area contributed by atoms with Crippen LogP contribution in [0.4, 0.5) is 0 Å². The van der Waals surface area contributed by atoms with Gasteiger partial charge in [0.25, 0.3) is 5.91 Å². The molecule has 2 N–H and O–H groups in total. The van der Waals surface area contributed by atoms with Crippen LogP contribution in [-0.4, -0.2) is 46.0 Å². The van der Waals surface area contributed by atoms with Crippen LogP contribution < -0.4 is 10.6 Å². The van der Waals surface area contributed by atoms with Crippen molar-refractivity contribution in [3.05, 3.63) is 48.0 Å². The fourth-order valence-corrected chi connectivity index (χ4v) is 2.44. The van der Waals surface area contributed by atoms with Gasteiger partial charge in [0.1, 0.15) is 0 Å². The fourth-order valence-electron chi connectivity index (χ4n) is 2.44. The van der Waals surface area contributed by atoms with Crippen molar-refractivity contribution in [2.75, 3.05) is 20.1 Å². The van der Waals surface area contributed by atoms with Gasteiger partial charge in [0, 0.05) is 36.3 Å². The minimum atomic E-state index is -0.217. The molecule has 0 saturated heterocycles. The molecule has 3 rings (SSSR count). The highest BCUT2D eigenvalue weighted by molar-refractivity contribution is 5.94. The van der Waals surface area contributed by atoms with Gasteiger partial charge in [0.15, 0.2) is 5.69 Å². The molecule has 3 aromatic rings. The molecule has 0 spiro atoms. The Balaban J connectivity index is 1.97. The Morgan fingerprint density at radius 1 is 1.26 bits per heavy atom. The van der Waals surface area contributed by atoms with Crippen LogP contribution in [0.1, 0.15) is 16.2 Å². The summed E-state index contributed by atoms with van der Waals surface area (Å²) < 4.78 is 1.69. The lowest BCUT2D eigenvalue weighted by atomic mass is 10.1. The van der Waals surface area contributed by atoms with Crippen molar-refractivity contribution in [3.63, 3.8) is 0 Å². The topological polar surface area (TPSA) is 84.7 Å². The summed E-state index contributed by atoms with van der Waals surface area (Å²) in [6.07, 6.45) is 3.54. The lowest BCUT2D eigenvalue weighted by Gasteiger charge is -2.08. The number of hydrogen-bond acceptors (Lipinski definition) is 5. The lowest BCUT2D eigenvalue weighted by molar-refractivity contribution is 0.0948. The van der Waals surface area contributed by atoms with E-state index < -0.39 is 0 Å². The molecule has 118 valence electrons. The summed E-state index contributed by atoms with van der Waals surface area (Å²) in [7, 11) is 1.84. The molecule has 1 aromatic carbocycles. The largest absolute Gasteiger partial charge is 0.349 e. The lowest BCUT2D eigenvalue weighted by Crippen LogP contribution is -2.31. The number of likely N-dealkylation sites (N-methyl/N-ethyl adjacent to an activating group) is 1. The van der Waals surface area contributed by atoms with Crippen molar-refractivity contribution in [2.24, 2.45) is 0 Å². The van der Waals surface area contributed by atoms with E-state index in [4.69, 9.17) is 0 Å². The van der Waals surface area contributed by atoms with Crippen molar-refractivity contribution in [1.82, 2.24) is 30.6 Å². The number of rotatable bonds is 5. The maximum atomic E-state index is 12.2. The number of pyridine rings is 1. The van der Waals surface area contributed by atoms with Gasteiger partial charge in [0.05, 0.1) is 11.4 Å². The molecular weight excluding hydrogens is 292 g/mol. The molecule has 0 unspecified atom stereocenters. The molecule has 0 bridgehead atoms. The minimum Gasteiger partial charge on any atom is -0.349 e. The molecule has 0 aliphatic rings. The summed E-state index contributed by atoms with van der Waals surface area (Å²) >= 11 is 0. The van der Waals surface area contributed by atoms with E-state index in [0.29, 0.717) is 24.5 Å². The Kier molecular flexibility index (Phi) is 4.29. The number of carbonyl (C=O) groups is 1. The van der Waals surface area contributed by atoms with Gasteiger partial charge in [-0.2, -0.15) is 0 Å². The van der Waals surface area contributed by atoms with Crippen LogP contribution in [0.15, 0.2) is 36.7 Å². The van der Waals surface area contributed by atoms with Crippen LogP contribution in [0.3, 0.4) is 0 Å². The van der Waals surface area contributed by atoms with E-state index in [1.54, 1.807) is 17.1 Å². The molecule has 2 heterocycles. The van der Waals surface area contributed by atoms with Gasteiger partial charge in [-0.3, -0.25) is 9.78 Å². The van der Waals surface area contributed by atoms with Gasteiger partial charge < -0.3 is 10.6 Å². The molecule has 1 amide bonds. The van der Waals surface area contributed by atoms with Crippen LogP contribution >= 0.6 is 0 Å². The van der Waals surface area contributed by atoms with E-state index in [-0.39, 0.29) is 5.91 Å². The molecule has 0 atom stereocenters.